The van der Waals surface area contributed by atoms with Gasteiger partial charge in [-0.2, -0.15) is 13.2 Å². The van der Waals surface area contributed by atoms with Gasteiger partial charge in [-0.05, 0) is 51.1 Å². The maximum absolute atomic E-state index is 14.1. The highest BCUT2D eigenvalue weighted by Crippen LogP contribution is 2.33. The quantitative estimate of drug-likeness (QED) is 0.648. The molecule has 2 N–H and O–H groups in total. The van der Waals surface area contributed by atoms with E-state index >= 15 is 0 Å². The van der Waals surface area contributed by atoms with Gasteiger partial charge in [0.05, 0.1) is 16.8 Å². The smallest absolute Gasteiger partial charge is 0.419 e. The van der Waals surface area contributed by atoms with Crippen molar-refractivity contribution in [3.8, 4) is 0 Å². The van der Waals surface area contributed by atoms with Crippen LogP contribution in [0.3, 0.4) is 0 Å². The van der Waals surface area contributed by atoms with Crippen molar-refractivity contribution in [2.24, 2.45) is 0 Å². The fourth-order valence-electron chi connectivity index (χ4n) is 2.65. The van der Waals surface area contributed by atoms with Crippen LogP contribution in [-0.2, 0) is 6.18 Å². The second-order valence-electron chi connectivity index (χ2n) is 7.07. The Balaban J connectivity index is 2.43. The Morgan fingerprint density at radius 2 is 1.66 bits per heavy atom. The van der Waals surface area contributed by atoms with Gasteiger partial charge in [-0.1, -0.05) is 6.07 Å². The molecule has 0 aromatic heterocycles. The zero-order valence-electron chi connectivity index (χ0n) is 15.6. The van der Waals surface area contributed by atoms with E-state index in [-0.39, 0.29) is 5.69 Å². The van der Waals surface area contributed by atoms with E-state index in [9.17, 15) is 36.6 Å². The molecule has 2 aromatic rings. The number of halogens is 5. The van der Waals surface area contributed by atoms with Gasteiger partial charge in [0.1, 0.15) is 11.6 Å². The summed E-state index contributed by atoms with van der Waals surface area (Å²) in [5.41, 5.74) is -4.00. The highest BCUT2D eigenvalue weighted by molar-refractivity contribution is 6.05. The van der Waals surface area contributed by atoms with E-state index in [1.165, 1.54) is 0 Å². The van der Waals surface area contributed by atoms with Gasteiger partial charge in [-0.25, -0.2) is 13.6 Å². The Hall–Kier alpha value is -3.17. The Morgan fingerprint density at radius 1 is 1.03 bits per heavy atom. The van der Waals surface area contributed by atoms with Crippen LogP contribution in [0.5, 0.6) is 0 Å². The number of hydrogen-bond acceptors (Lipinski definition) is 2. The SMILES string of the molecule is CC(C)(C)N(C(=O)O)c1ccc(F)c(NC(=O)c2cccc(C(F)(F)F)c2F)c1. The molecule has 156 valence electrons. The molecule has 0 bridgehead atoms. The standard InChI is InChI=1S/C19H17F5N2O3/c1-18(2,3)26(17(28)29)10-7-8-13(20)14(9-10)25-16(27)11-5-4-6-12(15(11)21)19(22,23)24/h4-9H,1-3H3,(H,25,27)(H,28,29). The third kappa shape index (κ3) is 4.82. The first-order valence-electron chi connectivity index (χ1n) is 8.23. The van der Waals surface area contributed by atoms with Crippen LogP contribution in [-0.4, -0.2) is 22.6 Å². The predicted molar refractivity (Wildman–Crippen MR) is 96.0 cm³/mol. The molecule has 0 aliphatic carbocycles. The van der Waals surface area contributed by atoms with Crippen LogP contribution >= 0.6 is 0 Å². The average Bonchev–Trinajstić information content (AvgIpc) is 2.55. The number of carboxylic acid groups (broad SMARTS) is 1. The van der Waals surface area contributed by atoms with Crippen molar-refractivity contribution in [3.05, 3.63) is 59.2 Å². The van der Waals surface area contributed by atoms with Gasteiger partial charge in [0.2, 0.25) is 0 Å². The highest BCUT2D eigenvalue weighted by atomic mass is 19.4. The van der Waals surface area contributed by atoms with Crippen LogP contribution in [0.2, 0.25) is 0 Å². The molecule has 29 heavy (non-hydrogen) atoms. The molecule has 0 aliphatic heterocycles. The van der Waals surface area contributed by atoms with Crippen molar-refractivity contribution in [2.45, 2.75) is 32.5 Å². The number of anilines is 2. The minimum atomic E-state index is -5.01. The van der Waals surface area contributed by atoms with Gasteiger partial charge in [0, 0.05) is 11.2 Å². The van der Waals surface area contributed by atoms with Crippen LogP contribution < -0.4 is 10.2 Å². The summed E-state index contributed by atoms with van der Waals surface area (Å²) in [5, 5.41) is 11.4. The first kappa shape index (κ1) is 22.1. The number of carbonyl (C=O) groups excluding carboxylic acids is 1. The van der Waals surface area contributed by atoms with Crippen LogP contribution in [0, 0.1) is 11.6 Å². The molecular formula is C19H17F5N2O3. The lowest BCUT2D eigenvalue weighted by Gasteiger charge is -2.33. The third-order valence-corrected chi connectivity index (χ3v) is 3.87. The van der Waals surface area contributed by atoms with Crippen LogP contribution in [0.4, 0.5) is 38.1 Å². The molecule has 0 aliphatic rings. The molecule has 0 fully saturated rings. The van der Waals surface area contributed by atoms with Gasteiger partial charge in [0.25, 0.3) is 5.91 Å². The Kier molecular flexibility index (Phi) is 5.86. The van der Waals surface area contributed by atoms with E-state index in [4.69, 9.17) is 0 Å². The van der Waals surface area contributed by atoms with Gasteiger partial charge >= 0.3 is 12.3 Å². The van der Waals surface area contributed by atoms with Crippen molar-refractivity contribution in [1.82, 2.24) is 0 Å². The zero-order chi connectivity index (χ0) is 22.1. The van der Waals surface area contributed by atoms with Crippen molar-refractivity contribution < 1.29 is 36.6 Å². The second kappa shape index (κ2) is 7.69. The molecule has 10 heteroatoms. The van der Waals surface area contributed by atoms with Crippen LogP contribution in [0.25, 0.3) is 0 Å². The molecule has 0 spiro atoms. The molecule has 0 heterocycles. The molecule has 0 atom stereocenters. The summed E-state index contributed by atoms with van der Waals surface area (Å²) in [5.74, 6) is -4.09. The zero-order valence-corrected chi connectivity index (χ0v) is 15.6. The Morgan fingerprint density at radius 3 is 2.17 bits per heavy atom. The number of nitrogens with zero attached hydrogens (tertiary/aromatic N) is 1. The predicted octanol–water partition coefficient (Wildman–Crippen LogP) is 5.52. The van der Waals surface area contributed by atoms with Crippen molar-refractivity contribution in [2.75, 3.05) is 10.2 Å². The van der Waals surface area contributed by atoms with E-state index in [2.05, 4.69) is 0 Å². The number of amides is 2. The fraction of sp³-hybridized carbons (Fsp3) is 0.263. The monoisotopic (exact) mass is 416 g/mol. The fourth-order valence-corrected chi connectivity index (χ4v) is 2.65. The van der Waals surface area contributed by atoms with Gasteiger partial charge < -0.3 is 10.4 Å². The van der Waals surface area contributed by atoms with E-state index in [1.54, 1.807) is 20.8 Å². The molecule has 0 saturated heterocycles. The number of rotatable bonds is 3. The number of benzene rings is 2. The minimum absolute atomic E-state index is 0.00575. The summed E-state index contributed by atoms with van der Waals surface area (Å²) in [7, 11) is 0. The van der Waals surface area contributed by atoms with E-state index in [1.807, 2.05) is 5.32 Å². The molecule has 2 aromatic carbocycles. The largest absolute Gasteiger partial charge is 0.465 e. The molecular weight excluding hydrogens is 399 g/mol. The van der Waals surface area contributed by atoms with Gasteiger partial charge in [0.15, 0.2) is 0 Å². The molecule has 0 radical (unpaired) electrons. The second-order valence-corrected chi connectivity index (χ2v) is 7.07. The van der Waals surface area contributed by atoms with E-state index in [0.29, 0.717) is 6.07 Å². The lowest BCUT2D eigenvalue weighted by atomic mass is 10.0. The van der Waals surface area contributed by atoms with Gasteiger partial charge in [-0.15, -0.1) is 0 Å². The Bertz CT molecular complexity index is 952. The maximum Gasteiger partial charge on any atom is 0.419 e. The summed E-state index contributed by atoms with van der Waals surface area (Å²) in [6.07, 6.45) is -6.36. The van der Waals surface area contributed by atoms with Crippen molar-refractivity contribution in [3.63, 3.8) is 0 Å². The van der Waals surface area contributed by atoms with Crippen LogP contribution in [0.1, 0.15) is 36.7 Å². The Labute approximate surface area is 162 Å². The number of hydrogen-bond donors (Lipinski definition) is 2. The molecule has 0 unspecified atom stereocenters. The summed E-state index contributed by atoms with van der Waals surface area (Å²) in [4.78, 5) is 24.7. The summed E-state index contributed by atoms with van der Waals surface area (Å²) in [6, 6.07) is 5.18. The number of carbonyl (C=O) groups is 2. The summed E-state index contributed by atoms with van der Waals surface area (Å²) in [6.45, 7) is 4.75. The first-order valence-corrected chi connectivity index (χ1v) is 8.23. The normalized spacial score (nSPS) is 11.9. The first-order chi connectivity index (χ1) is 13.2. The molecule has 2 amide bonds. The lowest BCUT2D eigenvalue weighted by Crippen LogP contribution is -2.45. The molecule has 5 nitrogen and oxygen atoms in total. The molecule has 2 rings (SSSR count). The van der Waals surface area contributed by atoms with Gasteiger partial charge in [-0.3, -0.25) is 9.69 Å². The highest BCUT2D eigenvalue weighted by Gasteiger charge is 2.36. The number of nitrogens with one attached hydrogen (secondary N) is 1. The van der Waals surface area contributed by atoms with E-state index in [0.717, 1.165) is 35.2 Å². The maximum atomic E-state index is 14.1. The average molecular weight is 416 g/mol. The van der Waals surface area contributed by atoms with Crippen molar-refractivity contribution >= 4 is 23.4 Å². The minimum Gasteiger partial charge on any atom is -0.465 e. The molecule has 0 saturated carbocycles. The third-order valence-electron chi connectivity index (χ3n) is 3.87. The topological polar surface area (TPSA) is 69.6 Å². The summed E-state index contributed by atoms with van der Waals surface area (Å²) < 4.78 is 66.7. The number of alkyl halides is 3. The van der Waals surface area contributed by atoms with Crippen molar-refractivity contribution in [1.29, 1.82) is 0 Å². The van der Waals surface area contributed by atoms with Crippen LogP contribution in [0.15, 0.2) is 36.4 Å². The lowest BCUT2D eigenvalue weighted by molar-refractivity contribution is -0.140. The van der Waals surface area contributed by atoms with E-state index < -0.39 is 52.2 Å². The summed E-state index contributed by atoms with van der Waals surface area (Å²) >= 11 is 0.